The molecule has 14 heteroatoms. The van der Waals surface area contributed by atoms with Crippen LogP contribution in [0.1, 0.15) is 168 Å². The van der Waals surface area contributed by atoms with Crippen molar-refractivity contribution in [2.45, 2.75) is 235 Å². The van der Waals surface area contributed by atoms with Gasteiger partial charge in [-0.1, -0.05) is 174 Å². The summed E-state index contributed by atoms with van der Waals surface area (Å²) in [6.07, 6.45) is 51.1. The van der Waals surface area contributed by atoms with Gasteiger partial charge in [0, 0.05) is 13.0 Å². The number of esters is 1. The van der Waals surface area contributed by atoms with E-state index in [-0.39, 0.29) is 19.6 Å². The van der Waals surface area contributed by atoms with E-state index < -0.39 is 86.7 Å². The molecule has 0 bridgehead atoms. The first-order valence-electron chi connectivity index (χ1n) is 29.1. The molecule has 14 nitrogen and oxygen atoms in total. The molecule has 0 spiro atoms. The van der Waals surface area contributed by atoms with E-state index in [1.165, 1.54) is 25.7 Å². The van der Waals surface area contributed by atoms with Crippen LogP contribution in [-0.2, 0) is 33.2 Å². The molecule has 0 aromatic rings. The zero-order valence-corrected chi connectivity index (χ0v) is 46.9. The van der Waals surface area contributed by atoms with E-state index in [9.17, 15) is 40.5 Å². The maximum atomic E-state index is 13.1. The second-order valence-corrected chi connectivity index (χ2v) is 19.7. The van der Waals surface area contributed by atoms with Crippen molar-refractivity contribution in [3.8, 4) is 0 Å². The number of hydrogen-bond acceptors (Lipinski definition) is 14. The van der Waals surface area contributed by atoms with Crippen molar-refractivity contribution in [2.75, 3.05) is 33.0 Å². The molecule has 0 radical (unpaired) electrons. The van der Waals surface area contributed by atoms with Crippen LogP contribution in [0.5, 0.6) is 0 Å². The van der Waals surface area contributed by atoms with Crippen LogP contribution in [0.4, 0.5) is 0 Å². The summed E-state index contributed by atoms with van der Waals surface area (Å²) in [5.74, 6) is -0.409. The van der Waals surface area contributed by atoms with E-state index in [0.717, 1.165) is 116 Å². The van der Waals surface area contributed by atoms with Gasteiger partial charge in [-0.15, -0.1) is 0 Å². The second kappa shape index (κ2) is 48.3. The first-order valence-corrected chi connectivity index (χ1v) is 29.1. The number of aliphatic hydroxyl groups excluding tert-OH is 7. The van der Waals surface area contributed by atoms with Crippen LogP contribution in [0.2, 0.25) is 0 Å². The molecule has 11 unspecified atom stereocenters. The highest BCUT2D eigenvalue weighted by atomic mass is 16.7. The number of ether oxygens (including phenoxy) is 6. The normalized spacial score (nSPS) is 25.2. The Kier molecular flexibility index (Phi) is 43.6. The highest BCUT2D eigenvalue weighted by Crippen LogP contribution is 2.26. The summed E-state index contributed by atoms with van der Waals surface area (Å²) in [7, 11) is 0. The smallest absolute Gasteiger partial charge is 0.306 e. The maximum Gasteiger partial charge on any atom is 0.306 e. The molecule has 2 saturated heterocycles. The number of rotatable bonds is 45. The Morgan fingerprint density at radius 2 is 0.844 bits per heavy atom. The molecule has 2 aliphatic rings. The number of aliphatic hydroxyl groups is 7. The maximum absolute atomic E-state index is 13.1. The largest absolute Gasteiger partial charge is 0.457 e. The predicted octanol–water partition coefficient (Wildman–Crippen LogP) is 10.5. The highest BCUT2D eigenvalue weighted by Gasteiger charge is 2.47. The third kappa shape index (κ3) is 34.9. The van der Waals surface area contributed by atoms with E-state index in [1.54, 1.807) is 0 Å². The Morgan fingerprint density at radius 1 is 0.442 bits per heavy atom. The third-order valence-electron chi connectivity index (χ3n) is 13.0. The fourth-order valence-corrected chi connectivity index (χ4v) is 8.27. The van der Waals surface area contributed by atoms with Crippen molar-refractivity contribution < 1.29 is 69.0 Å². The van der Waals surface area contributed by atoms with E-state index in [1.807, 2.05) is 0 Å². The predicted molar refractivity (Wildman–Crippen MR) is 307 cm³/mol. The number of carbonyl (C=O) groups excluding carboxylic acids is 1. The van der Waals surface area contributed by atoms with Gasteiger partial charge in [0.1, 0.15) is 54.9 Å². The number of carbonyl (C=O) groups is 1. The summed E-state index contributed by atoms with van der Waals surface area (Å²) in [4.78, 5) is 13.1. The molecule has 77 heavy (non-hydrogen) atoms. The van der Waals surface area contributed by atoms with Gasteiger partial charge in [0.2, 0.25) is 0 Å². The zero-order chi connectivity index (χ0) is 55.8. The topological polar surface area (TPSA) is 214 Å². The first-order chi connectivity index (χ1) is 37.6. The fraction of sp³-hybridized carbons (Fsp3) is 0.667. The van der Waals surface area contributed by atoms with Gasteiger partial charge in [-0.05, 0) is 109 Å². The molecule has 2 heterocycles. The van der Waals surface area contributed by atoms with Gasteiger partial charge in [-0.2, -0.15) is 0 Å². The van der Waals surface area contributed by atoms with Crippen molar-refractivity contribution >= 4 is 5.97 Å². The monoisotopic (exact) mass is 1080 g/mol. The second-order valence-electron chi connectivity index (χ2n) is 19.7. The van der Waals surface area contributed by atoms with E-state index in [2.05, 4.69) is 135 Å². The van der Waals surface area contributed by atoms with Crippen LogP contribution in [0.25, 0.3) is 0 Å². The molecular formula is C63H102O14. The molecule has 0 amide bonds. The van der Waals surface area contributed by atoms with E-state index in [0.29, 0.717) is 13.0 Å². The number of allylic oxidation sites excluding steroid dienone is 20. The molecule has 0 saturated carbocycles. The molecule has 0 aromatic carbocycles. The summed E-state index contributed by atoms with van der Waals surface area (Å²) < 4.78 is 34.3. The van der Waals surface area contributed by atoms with Gasteiger partial charge >= 0.3 is 5.97 Å². The van der Waals surface area contributed by atoms with Gasteiger partial charge in [0.15, 0.2) is 12.6 Å². The minimum Gasteiger partial charge on any atom is -0.457 e. The summed E-state index contributed by atoms with van der Waals surface area (Å²) in [5, 5.41) is 72.4. The highest BCUT2D eigenvalue weighted by molar-refractivity contribution is 5.69. The van der Waals surface area contributed by atoms with Crippen molar-refractivity contribution in [3.63, 3.8) is 0 Å². The lowest BCUT2D eigenvalue weighted by molar-refractivity contribution is -0.332. The molecular weight excluding hydrogens is 981 g/mol. The molecule has 0 aromatic heterocycles. The van der Waals surface area contributed by atoms with Crippen LogP contribution in [0.3, 0.4) is 0 Å². The van der Waals surface area contributed by atoms with Crippen molar-refractivity contribution in [3.05, 3.63) is 122 Å². The average Bonchev–Trinajstić information content (AvgIpc) is 3.43. The molecule has 2 rings (SSSR count). The van der Waals surface area contributed by atoms with Crippen LogP contribution in [0, 0.1) is 0 Å². The van der Waals surface area contributed by atoms with Crippen molar-refractivity contribution in [2.24, 2.45) is 0 Å². The Labute approximate surface area is 463 Å². The van der Waals surface area contributed by atoms with E-state index in [4.69, 9.17) is 28.4 Å². The van der Waals surface area contributed by atoms with Gasteiger partial charge in [-0.3, -0.25) is 4.79 Å². The zero-order valence-electron chi connectivity index (χ0n) is 46.9. The minimum atomic E-state index is -1.73. The summed E-state index contributed by atoms with van der Waals surface area (Å²) in [5.41, 5.74) is 0. The summed E-state index contributed by atoms with van der Waals surface area (Å²) >= 11 is 0. The summed E-state index contributed by atoms with van der Waals surface area (Å²) in [6.45, 7) is 3.39. The minimum absolute atomic E-state index is 0.0170. The van der Waals surface area contributed by atoms with Gasteiger partial charge < -0.3 is 64.2 Å². The van der Waals surface area contributed by atoms with Crippen LogP contribution < -0.4 is 0 Å². The first kappa shape index (κ1) is 69.5. The molecule has 7 N–H and O–H groups in total. The Bertz CT molecular complexity index is 1730. The van der Waals surface area contributed by atoms with Crippen LogP contribution in [-0.4, -0.2) is 142 Å². The van der Waals surface area contributed by atoms with Gasteiger partial charge in [0.05, 0.1) is 26.4 Å². The quantitative estimate of drug-likeness (QED) is 0.0172. The average molecular weight is 1080 g/mol. The third-order valence-corrected chi connectivity index (χ3v) is 13.0. The standard InChI is InChI=1S/C63H102O14/c1-3-5-7-9-11-13-15-17-19-21-23-24-25-26-27-29-31-33-35-37-39-41-43-45-47-72-49-52(75-55(65)46-44-42-40-38-36-34-32-30-28-22-20-18-16-14-12-10-8-6-4-2)50-73-62-61(71)59(69)57(67)54(77-62)51-74-63-60(70)58(68)56(66)53(48-64)76-63/h5,7,11-14,17-20,23-24,26-28,30-31,33,37,39,52-54,56-64,66-71H,3-4,6,8-10,15-16,21-22,25,29,32,34-36,38,40-51H2,1-2H3/b7-5-,13-11-,14-12-,19-17-,20-18-,24-23-,27-26-,30-28-,33-31-,39-37-. The van der Waals surface area contributed by atoms with Crippen molar-refractivity contribution in [1.29, 1.82) is 0 Å². The lowest BCUT2D eigenvalue weighted by atomic mass is 9.98. The summed E-state index contributed by atoms with van der Waals surface area (Å²) in [6, 6.07) is 0. The molecule has 438 valence electrons. The van der Waals surface area contributed by atoms with Crippen molar-refractivity contribution in [1.82, 2.24) is 0 Å². The van der Waals surface area contributed by atoms with Crippen LogP contribution in [0.15, 0.2) is 122 Å². The Balaban J connectivity index is 1.76. The Hall–Kier alpha value is -3.61. The fourth-order valence-electron chi connectivity index (χ4n) is 8.27. The number of unbranched alkanes of at least 4 members (excludes halogenated alkanes) is 11. The van der Waals surface area contributed by atoms with Gasteiger partial charge in [-0.25, -0.2) is 0 Å². The molecule has 11 atom stereocenters. The van der Waals surface area contributed by atoms with E-state index >= 15 is 0 Å². The lowest BCUT2D eigenvalue weighted by Gasteiger charge is -2.42. The lowest BCUT2D eigenvalue weighted by Crippen LogP contribution is -2.61. The van der Waals surface area contributed by atoms with Crippen LogP contribution >= 0.6 is 0 Å². The Morgan fingerprint density at radius 3 is 1.32 bits per heavy atom. The molecule has 2 fully saturated rings. The molecule has 2 aliphatic heterocycles. The SMILES string of the molecule is CC/C=C\C/C=C\C/C=C\C/C=C\C/C=C\C/C=C\C/C=C\CCCCOCC(COC1OC(COC2OC(CO)C(O)C(O)C2O)C(O)C(O)C1O)OC(=O)CCCCCCCC/C=C\C/C=C\C/C=C\CCCCC. The number of hydrogen-bond donors (Lipinski definition) is 7. The molecule has 0 aliphatic carbocycles. The van der Waals surface area contributed by atoms with Gasteiger partial charge in [0.25, 0.3) is 0 Å².